The minimum absolute atomic E-state index is 0.0374. The van der Waals surface area contributed by atoms with Gasteiger partial charge in [0.25, 0.3) is 0 Å². The van der Waals surface area contributed by atoms with Gasteiger partial charge in [-0.15, -0.1) is 0 Å². The fraction of sp³-hybridized carbons (Fsp3) is 0.407. The number of nitrogens with one attached hydrogen (secondary N) is 1. The molecule has 1 saturated carbocycles. The normalized spacial score (nSPS) is 28.0. The highest BCUT2D eigenvalue weighted by Gasteiger charge is 2.55. The van der Waals surface area contributed by atoms with Crippen LogP contribution in [0.3, 0.4) is 0 Å². The number of imidazole rings is 1. The van der Waals surface area contributed by atoms with Gasteiger partial charge in [-0.25, -0.2) is 14.1 Å². The molecule has 8 heteroatoms. The van der Waals surface area contributed by atoms with E-state index in [9.17, 15) is 17.6 Å². The van der Waals surface area contributed by atoms with E-state index in [0.717, 1.165) is 28.2 Å². The van der Waals surface area contributed by atoms with Crippen LogP contribution in [-0.4, -0.2) is 25.9 Å². The Morgan fingerprint density at radius 2 is 1.91 bits per heavy atom. The lowest BCUT2D eigenvalue weighted by atomic mass is 9.54. The average Bonchev–Trinajstić information content (AvgIpc) is 3.42. The molecule has 3 aliphatic carbocycles. The van der Waals surface area contributed by atoms with Crippen molar-refractivity contribution in [3.8, 4) is 5.69 Å². The maximum Gasteiger partial charge on any atom is 0.392 e. The zero-order valence-corrected chi connectivity index (χ0v) is 19.5. The molecule has 0 saturated heterocycles. The number of aromatic amines is 1. The zero-order chi connectivity index (χ0) is 24.5. The van der Waals surface area contributed by atoms with Crippen molar-refractivity contribution in [2.75, 3.05) is 0 Å². The largest absolute Gasteiger partial charge is 0.392 e. The highest BCUT2D eigenvalue weighted by Crippen LogP contribution is 2.60. The fourth-order valence-corrected chi connectivity index (χ4v) is 6.55. The van der Waals surface area contributed by atoms with Gasteiger partial charge in [0.05, 0.1) is 23.5 Å². The standard InChI is InChI=1S/C27H26F4N4/c1-15-13-32-25(34-15)24-20-8-3-17-11-23-16(14-33-35(23)19-6-4-18(28)5-7-19)12-26(17,2)21(20)9-10-22(24)27(29,30)31/h4-7,9,11,13-14,20,22,24H,3,8,10,12H2,1-2H3,(H,32,34)/t20-,22?,24+,26-/m0/s1. The molecular weight excluding hydrogens is 456 g/mol. The molecule has 0 bridgehead atoms. The quantitative estimate of drug-likeness (QED) is 0.327. The highest BCUT2D eigenvalue weighted by molar-refractivity contribution is 5.64. The topological polar surface area (TPSA) is 46.5 Å². The van der Waals surface area contributed by atoms with E-state index in [2.05, 4.69) is 28.1 Å². The molecule has 3 aliphatic rings. The van der Waals surface area contributed by atoms with E-state index in [1.54, 1.807) is 18.3 Å². The number of allylic oxidation sites excluding steroid dienone is 3. The number of fused-ring (bicyclic) bond motifs is 4. The molecule has 3 aromatic rings. The molecule has 0 spiro atoms. The third-order valence-electron chi connectivity index (χ3n) is 8.20. The van der Waals surface area contributed by atoms with Gasteiger partial charge in [0.1, 0.15) is 11.6 Å². The number of aromatic nitrogens is 4. The number of H-pyrrole nitrogens is 1. The second-order valence-electron chi connectivity index (χ2n) is 10.3. The van der Waals surface area contributed by atoms with Crippen molar-refractivity contribution in [3.05, 3.63) is 82.5 Å². The van der Waals surface area contributed by atoms with Crippen molar-refractivity contribution in [1.29, 1.82) is 0 Å². The summed E-state index contributed by atoms with van der Waals surface area (Å²) in [6.07, 6.45) is 5.16. The van der Waals surface area contributed by atoms with Crippen LogP contribution in [0.25, 0.3) is 11.8 Å². The summed E-state index contributed by atoms with van der Waals surface area (Å²) in [7, 11) is 0. The minimum Gasteiger partial charge on any atom is -0.346 e. The molecule has 35 heavy (non-hydrogen) atoms. The first-order chi connectivity index (χ1) is 16.6. The SMILES string of the molecule is Cc1cnc([C@H]2C(C(F)(F)F)CC=C3[C@@H]2CCC2=Cc4c(cnn4-c4ccc(F)cc4)C[C@@]23C)[nH]1. The summed E-state index contributed by atoms with van der Waals surface area (Å²) in [5.74, 6) is -2.25. The van der Waals surface area contributed by atoms with Gasteiger partial charge in [-0.3, -0.25) is 0 Å². The average molecular weight is 483 g/mol. The molecule has 1 unspecified atom stereocenters. The van der Waals surface area contributed by atoms with Crippen LogP contribution in [0.4, 0.5) is 17.6 Å². The lowest BCUT2D eigenvalue weighted by Crippen LogP contribution is -2.44. The number of halogens is 4. The van der Waals surface area contributed by atoms with Crippen molar-refractivity contribution < 1.29 is 17.6 Å². The van der Waals surface area contributed by atoms with Crippen LogP contribution in [0.2, 0.25) is 0 Å². The van der Waals surface area contributed by atoms with E-state index >= 15 is 0 Å². The predicted octanol–water partition coefficient (Wildman–Crippen LogP) is 6.69. The molecule has 6 rings (SSSR count). The zero-order valence-electron chi connectivity index (χ0n) is 19.5. The van der Waals surface area contributed by atoms with Gasteiger partial charge in [-0.05, 0) is 74.4 Å². The number of hydrogen-bond donors (Lipinski definition) is 1. The van der Waals surface area contributed by atoms with Gasteiger partial charge >= 0.3 is 6.18 Å². The molecule has 2 aromatic heterocycles. The van der Waals surface area contributed by atoms with Crippen LogP contribution >= 0.6 is 0 Å². The van der Waals surface area contributed by atoms with E-state index in [4.69, 9.17) is 0 Å². The Morgan fingerprint density at radius 1 is 1.14 bits per heavy atom. The number of nitrogens with zero attached hydrogens (tertiary/aromatic N) is 3. The second kappa shape index (κ2) is 7.67. The minimum atomic E-state index is -4.29. The van der Waals surface area contributed by atoms with Crippen molar-refractivity contribution in [3.63, 3.8) is 0 Å². The predicted molar refractivity (Wildman–Crippen MR) is 124 cm³/mol. The van der Waals surface area contributed by atoms with Crippen molar-refractivity contribution in [2.45, 2.75) is 51.6 Å². The van der Waals surface area contributed by atoms with Crippen molar-refractivity contribution in [2.24, 2.45) is 17.3 Å². The van der Waals surface area contributed by atoms with Crippen LogP contribution < -0.4 is 0 Å². The maximum absolute atomic E-state index is 14.1. The first-order valence-corrected chi connectivity index (χ1v) is 12.0. The first-order valence-electron chi connectivity index (χ1n) is 12.0. The summed E-state index contributed by atoms with van der Waals surface area (Å²) < 4.78 is 57.7. The first kappa shape index (κ1) is 22.3. The monoisotopic (exact) mass is 482 g/mol. The molecule has 0 radical (unpaired) electrons. The number of benzene rings is 1. The Balaban J connectivity index is 1.41. The van der Waals surface area contributed by atoms with Gasteiger partial charge in [0.2, 0.25) is 0 Å². The van der Waals surface area contributed by atoms with E-state index in [1.807, 2.05) is 23.9 Å². The Bertz CT molecular complexity index is 1340. The lowest BCUT2D eigenvalue weighted by Gasteiger charge is -2.50. The molecule has 182 valence electrons. The summed E-state index contributed by atoms with van der Waals surface area (Å²) in [5.41, 5.74) is 5.51. The molecule has 4 nitrogen and oxygen atoms in total. The van der Waals surface area contributed by atoms with E-state index in [1.165, 1.54) is 17.7 Å². The Kier molecular flexibility index (Phi) is 4.89. The summed E-state index contributed by atoms with van der Waals surface area (Å²) in [4.78, 5) is 7.48. The third kappa shape index (κ3) is 3.48. The number of hydrogen-bond acceptors (Lipinski definition) is 2. The van der Waals surface area contributed by atoms with Crippen LogP contribution in [0, 0.1) is 30.0 Å². The smallest absolute Gasteiger partial charge is 0.346 e. The van der Waals surface area contributed by atoms with Gasteiger partial charge in [0.15, 0.2) is 0 Å². The number of alkyl halides is 3. The molecule has 2 heterocycles. The molecule has 1 aromatic carbocycles. The van der Waals surface area contributed by atoms with E-state index < -0.39 is 18.0 Å². The second-order valence-corrected chi connectivity index (χ2v) is 10.3. The van der Waals surface area contributed by atoms with Gasteiger partial charge < -0.3 is 4.98 Å². The van der Waals surface area contributed by atoms with Crippen LogP contribution in [0.15, 0.2) is 53.9 Å². The van der Waals surface area contributed by atoms with Crippen molar-refractivity contribution in [1.82, 2.24) is 19.7 Å². The lowest BCUT2D eigenvalue weighted by molar-refractivity contribution is -0.186. The van der Waals surface area contributed by atoms with E-state index in [0.29, 0.717) is 25.1 Å². The van der Waals surface area contributed by atoms with E-state index in [-0.39, 0.29) is 23.6 Å². The van der Waals surface area contributed by atoms with Crippen LogP contribution in [-0.2, 0) is 6.42 Å². The Hall–Kier alpha value is -3.16. The maximum atomic E-state index is 14.1. The number of aryl methyl sites for hydroxylation is 1. The van der Waals surface area contributed by atoms with Crippen LogP contribution in [0.1, 0.15) is 54.9 Å². The Morgan fingerprint density at radius 3 is 2.60 bits per heavy atom. The molecule has 1 N–H and O–H groups in total. The molecular formula is C27H26F4N4. The molecule has 0 aliphatic heterocycles. The summed E-state index contributed by atoms with van der Waals surface area (Å²) in [5, 5.41) is 4.57. The molecule has 4 atom stereocenters. The molecule has 0 amide bonds. The van der Waals surface area contributed by atoms with Gasteiger partial charge in [-0.2, -0.15) is 18.3 Å². The summed E-state index contributed by atoms with van der Waals surface area (Å²) in [6.45, 7) is 3.98. The number of rotatable bonds is 2. The third-order valence-corrected chi connectivity index (χ3v) is 8.20. The highest BCUT2D eigenvalue weighted by atomic mass is 19.4. The van der Waals surface area contributed by atoms with Gasteiger partial charge in [-0.1, -0.05) is 24.1 Å². The van der Waals surface area contributed by atoms with Gasteiger partial charge in [0, 0.05) is 23.2 Å². The molecule has 1 fully saturated rings. The van der Waals surface area contributed by atoms with Crippen LogP contribution in [0.5, 0.6) is 0 Å². The Labute approximate surface area is 200 Å². The fourth-order valence-electron chi connectivity index (χ4n) is 6.55. The van der Waals surface area contributed by atoms with Crippen molar-refractivity contribution >= 4 is 6.08 Å². The summed E-state index contributed by atoms with van der Waals surface area (Å²) in [6, 6.07) is 6.22. The summed E-state index contributed by atoms with van der Waals surface area (Å²) >= 11 is 0.